The van der Waals surface area contributed by atoms with E-state index in [4.69, 9.17) is 0 Å². The van der Waals surface area contributed by atoms with Gasteiger partial charge in [-0.05, 0) is 25.3 Å². The predicted octanol–water partition coefficient (Wildman–Crippen LogP) is 4.20. The first-order valence-corrected chi connectivity index (χ1v) is 9.12. The average molecular weight is 366 g/mol. The highest BCUT2D eigenvalue weighted by Gasteiger charge is 2.34. The highest BCUT2D eigenvalue weighted by atomic mass is 32.1. The van der Waals surface area contributed by atoms with Crippen molar-refractivity contribution in [3.63, 3.8) is 0 Å². The van der Waals surface area contributed by atoms with Crippen molar-refractivity contribution >= 4 is 28.2 Å². The number of nitriles is 1. The molecule has 0 saturated carbocycles. The number of amides is 1. The van der Waals surface area contributed by atoms with Crippen LogP contribution in [0.5, 0.6) is 0 Å². The number of benzene rings is 1. The summed E-state index contributed by atoms with van der Waals surface area (Å²) in [4.78, 5) is 25.1. The molecule has 3 rings (SSSR count). The Morgan fingerprint density at radius 1 is 1.19 bits per heavy atom. The number of carboxylic acid groups (broad SMARTS) is 1. The zero-order chi connectivity index (χ0) is 18.7. The van der Waals surface area contributed by atoms with E-state index >= 15 is 0 Å². The van der Waals surface area contributed by atoms with Crippen LogP contribution >= 0.6 is 11.3 Å². The van der Waals surface area contributed by atoms with Gasteiger partial charge in [0.25, 0.3) is 0 Å². The van der Waals surface area contributed by atoms with Crippen molar-refractivity contribution in [3.05, 3.63) is 52.9 Å². The lowest BCUT2D eigenvalue weighted by atomic mass is 9.82. The molecule has 0 saturated heterocycles. The van der Waals surface area contributed by atoms with Gasteiger partial charge < -0.3 is 10.4 Å². The Balaban J connectivity index is 1.91. The highest BCUT2D eigenvalue weighted by Crippen LogP contribution is 2.40. The Labute approximate surface area is 155 Å². The Kier molecular flexibility index (Phi) is 5.19. The second kappa shape index (κ2) is 7.54. The van der Waals surface area contributed by atoms with Gasteiger partial charge in [0.05, 0.1) is 17.4 Å². The van der Waals surface area contributed by atoms with Crippen LogP contribution < -0.4 is 5.32 Å². The van der Waals surface area contributed by atoms with Crippen LogP contribution in [-0.2, 0) is 9.59 Å². The zero-order valence-corrected chi connectivity index (χ0v) is 15.0. The molecule has 2 atom stereocenters. The molecule has 1 aliphatic carbocycles. The maximum absolute atomic E-state index is 12.7. The van der Waals surface area contributed by atoms with Crippen LogP contribution in [0.3, 0.4) is 0 Å². The van der Waals surface area contributed by atoms with Crippen LogP contribution in [0.25, 0.3) is 11.1 Å². The van der Waals surface area contributed by atoms with Crippen LogP contribution in [-0.4, -0.2) is 17.0 Å². The van der Waals surface area contributed by atoms with E-state index in [9.17, 15) is 20.0 Å². The first-order valence-electron chi connectivity index (χ1n) is 8.30. The largest absolute Gasteiger partial charge is 0.481 e. The van der Waals surface area contributed by atoms with Crippen molar-refractivity contribution < 1.29 is 14.7 Å². The van der Waals surface area contributed by atoms with E-state index in [1.807, 2.05) is 43.3 Å². The van der Waals surface area contributed by atoms with Crippen molar-refractivity contribution in [1.82, 2.24) is 0 Å². The van der Waals surface area contributed by atoms with E-state index < -0.39 is 17.8 Å². The van der Waals surface area contributed by atoms with E-state index in [-0.39, 0.29) is 5.91 Å². The number of thiophene rings is 1. The van der Waals surface area contributed by atoms with Gasteiger partial charge in [-0.25, -0.2) is 0 Å². The molecule has 1 amide bonds. The topological polar surface area (TPSA) is 90.2 Å². The van der Waals surface area contributed by atoms with Crippen LogP contribution in [0.15, 0.2) is 42.5 Å². The number of hydrogen-bond acceptors (Lipinski definition) is 4. The van der Waals surface area contributed by atoms with Gasteiger partial charge in [0.2, 0.25) is 5.91 Å². The quantitative estimate of drug-likeness (QED) is 0.794. The Bertz CT molecular complexity index is 909. The molecule has 0 radical (unpaired) electrons. The molecule has 2 aromatic rings. The number of rotatable bonds is 4. The molecular formula is C20H18N2O3S. The molecule has 132 valence electrons. The molecule has 0 spiro atoms. The minimum Gasteiger partial charge on any atom is -0.481 e. The number of aliphatic carboxylic acids is 1. The van der Waals surface area contributed by atoms with Crippen molar-refractivity contribution in [1.29, 1.82) is 5.26 Å². The summed E-state index contributed by atoms with van der Waals surface area (Å²) >= 11 is 1.34. The summed E-state index contributed by atoms with van der Waals surface area (Å²) in [5, 5.41) is 22.3. The van der Waals surface area contributed by atoms with Gasteiger partial charge in [0, 0.05) is 10.4 Å². The number of carbonyl (C=O) groups is 2. The van der Waals surface area contributed by atoms with Crippen LogP contribution in [0.4, 0.5) is 5.00 Å². The average Bonchev–Trinajstić information content (AvgIpc) is 2.97. The van der Waals surface area contributed by atoms with E-state index in [1.165, 1.54) is 11.3 Å². The first kappa shape index (κ1) is 17.9. The fraction of sp³-hybridized carbons (Fsp3) is 0.250. The molecule has 0 bridgehead atoms. The maximum Gasteiger partial charge on any atom is 0.307 e. The normalized spacial score (nSPS) is 18.9. The predicted molar refractivity (Wildman–Crippen MR) is 101 cm³/mol. The SMILES string of the molecule is Cc1sc(NC(=O)[C@@H]2CC=CC[C@@H]2C(=O)O)c(C#N)c1-c1ccccc1. The summed E-state index contributed by atoms with van der Waals surface area (Å²) in [6.07, 6.45) is 4.37. The second-order valence-electron chi connectivity index (χ2n) is 6.20. The molecule has 6 heteroatoms. The van der Waals surface area contributed by atoms with Crippen molar-refractivity contribution in [2.45, 2.75) is 19.8 Å². The molecule has 1 aliphatic rings. The number of carbonyl (C=O) groups excluding carboxylic acids is 1. The standard InChI is InChI=1S/C20H18N2O3S/c1-12-17(13-7-3-2-4-8-13)16(11-21)19(26-12)22-18(23)14-9-5-6-10-15(14)20(24)25/h2-8,14-15H,9-10H2,1H3,(H,22,23)(H,24,25)/t14-,15+/m1/s1. The molecule has 0 fully saturated rings. The number of hydrogen-bond donors (Lipinski definition) is 2. The summed E-state index contributed by atoms with van der Waals surface area (Å²) in [6.45, 7) is 1.91. The van der Waals surface area contributed by atoms with Gasteiger partial charge in [-0.15, -0.1) is 11.3 Å². The summed E-state index contributed by atoms with van der Waals surface area (Å²) in [7, 11) is 0. The number of nitrogens with one attached hydrogen (secondary N) is 1. The van der Waals surface area contributed by atoms with E-state index in [0.29, 0.717) is 23.4 Å². The number of aryl methyl sites for hydroxylation is 1. The van der Waals surface area contributed by atoms with Gasteiger partial charge in [0.15, 0.2) is 0 Å². The van der Waals surface area contributed by atoms with Gasteiger partial charge in [-0.3, -0.25) is 9.59 Å². The molecule has 26 heavy (non-hydrogen) atoms. The summed E-state index contributed by atoms with van der Waals surface area (Å²) in [6, 6.07) is 11.7. The van der Waals surface area contributed by atoms with E-state index in [0.717, 1.165) is 16.0 Å². The molecule has 2 N–H and O–H groups in total. The molecule has 0 aliphatic heterocycles. The van der Waals surface area contributed by atoms with Crippen LogP contribution in [0, 0.1) is 30.1 Å². The molecule has 1 heterocycles. The Morgan fingerprint density at radius 2 is 1.85 bits per heavy atom. The van der Waals surface area contributed by atoms with E-state index in [2.05, 4.69) is 11.4 Å². The van der Waals surface area contributed by atoms with Crippen molar-refractivity contribution in [2.24, 2.45) is 11.8 Å². The third kappa shape index (κ3) is 3.39. The number of anilines is 1. The lowest BCUT2D eigenvalue weighted by Gasteiger charge is -2.23. The molecule has 1 aromatic carbocycles. The third-order valence-corrected chi connectivity index (χ3v) is 5.60. The summed E-state index contributed by atoms with van der Waals surface area (Å²) in [5.41, 5.74) is 2.15. The van der Waals surface area contributed by atoms with E-state index in [1.54, 1.807) is 6.08 Å². The first-order chi connectivity index (χ1) is 12.5. The summed E-state index contributed by atoms with van der Waals surface area (Å²) in [5.74, 6) is -2.69. The molecule has 5 nitrogen and oxygen atoms in total. The molecule has 1 aromatic heterocycles. The lowest BCUT2D eigenvalue weighted by Crippen LogP contribution is -2.34. The second-order valence-corrected chi connectivity index (χ2v) is 7.42. The van der Waals surface area contributed by atoms with Crippen molar-refractivity contribution in [3.8, 4) is 17.2 Å². The van der Waals surface area contributed by atoms with Crippen LogP contribution in [0.1, 0.15) is 23.3 Å². The maximum atomic E-state index is 12.7. The third-order valence-electron chi connectivity index (χ3n) is 4.58. The molecule has 0 unspecified atom stereocenters. The minimum atomic E-state index is -0.970. The van der Waals surface area contributed by atoms with Gasteiger partial charge >= 0.3 is 5.97 Å². The summed E-state index contributed by atoms with van der Waals surface area (Å²) < 4.78 is 0. The highest BCUT2D eigenvalue weighted by molar-refractivity contribution is 7.17. The molecular weight excluding hydrogens is 348 g/mol. The van der Waals surface area contributed by atoms with Gasteiger partial charge in [-0.2, -0.15) is 5.26 Å². The monoisotopic (exact) mass is 366 g/mol. The Morgan fingerprint density at radius 3 is 2.46 bits per heavy atom. The zero-order valence-electron chi connectivity index (χ0n) is 14.2. The van der Waals surface area contributed by atoms with Crippen molar-refractivity contribution in [2.75, 3.05) is 5.32 Å². The number of allylic oxidation sites excluding steroid dienone is 2. The van der Waals surface area contributed by atoms with Crippen LogP contribution in [0.2, 0.25) is 0 Å². The number of nitrogens with zero attached hydrogens (tertiary/aromatic N) is 1. The smallest absolute Gasteiger partial charge is 0.307 e. The number of carboxylic acids is 1. The van der Waals surface area contributed by atoms with Gasteiger partial charge in [-0.1, -0.05) is 42.5 Å². The lowest BCUT2D eigenvalue weighted by molar-refractivity contribution is -0.146. The van der Waals surface area contributed by atoms with Gasteiger partial charge in [0.1, 0.15) is 11.1 Å². The Hall–Kier alpha value is -2.91. The fourth-order valence-electron chi connectivity index (χ4n) is 3.27. The fourth-order valence-corrected chi connectivity index (χ4v) is 4.30. The minimum absolute atomic E-state index is 0.345.